The van der Waals surface area contributed by atoms with Crippen LogP contribution in [0, 0.1) is 0 Å². The van der Waals surface area contributed by atoms with Crippen molar-refractivity contribution in [3.8, 4) is 5.75 Å². The molecule has 0 aliphatic rings. The fourth-order valence-electron chi connectivity index (χ4n) is 1.28. The lowest BCUT2D eigenvalue weighted by Gasteiger charge is -1.87. The topological polar surface area (TPSA) is 104 Å². The number of nitrogens with two attached hydrogens (primary N) is 1. The zero-order valence-corrected chi connectivity index (χ0v) is 7.64. The van der Waals surface area contributed by atoms with Crippen molar-refractivity contribution in [3.63, 3.8) is 0 Å². The average molecular weight is 204 g/mol. The van der Waals surface area contributed by atoms with Crippen molar-refractivity contribution >= 4 is 22.8 Å². The highest BCUT2D eigenvalue weighted by Gasteiger charge is 2.08. The van der Waals surface area contributed by atoms with Crippen LogP contribution >= 0.6 is 0 Å². The van der Waals surface area contributed by atoms with Gasteiger partial charge in [0, 0.05) is 5.39 Å². The Morgan fingerprint density at radius 1 is 1.40 bits per heavy atom. The van der Waals surface area contributed by atoms with E-state index in [0.717, 1.165) is 0 Å². The van der Waals surface area contributed by atoms with E-state index in [1.54, 1.807) is 18.2 Å². The zero-order chi connectivity index (χ0) is 10.8. The Morgan fingerprint density at radius 2 is 2.13 bits per heavy atom. The number of para-hydroxylation sites is 1. The van der Waals surface area contributed by atoms with Crippen LogP contribution in [0.25, 0.3) is 10.9 Å². The maximum Gasteiger partial charge on any atom is 0.357 e. The molecule has 1 heterocycles. The van der Waals surface area contributed by atoms with Crippen LogP contribution < -0.4 is 5.73 Å². The Kier molecular flexibility index (Phi) is 2.09. The second-order valence-corrected chi connectivity index (χ2v) is 2.91. The maximum absolute atomic E-state index is 10.4. The Bertz CT molecular complexity index is 544. The van der Waals surface area contributed by atoms with Crippen LogP contribution in [0.1, 0.15) is 0 Å². The summed E-state index contributed by atoms with van der Waals surface area (Å²) >= 11 is 0. The van der Waals surface area contributed by atoms with Crippen LogP contribution in [0.15, 0.2) is 34.5 Å². The molecule has 0 saturated heterocycles. The number of carbonyl (C=O) groups excluding carboxylic acids is 1. The normalized spacial score (nSPS) is 11.2. The zero-order valence-electron chi connectivity index (χ0n) is 7.64. The van der Waals surface area contributed by atoms with Gasteiger partial charge in [-0.05, 0) is 12.1 Å². The molecule has 2 aromatic rings. The molecule has 76 valence electrons. The van der Waals surface area contributed by atoms with Crippen LogP contribution in [0.5, 0.6) is 5.75 Å². The Hall–Kier alpha value is -2.37. The summed E-state index contributed by atoms with van der Waals surface area (Å²) in [5, 5.41) is 16.9. The lowest BCUT2D eigenvalue weighted by Crippen LogP contribution is -2.01. The second kappa shape index (κ2) is 3.41. The molecule has 0 unspecified atom stereocenters. The predicted octanol–water partition coefficient (Wildman–Crippen LogP) is 2.04. The highest BCUT2D eigenvalue weighted by atomic mass is 16.3. The van der Waals surface area contributed by atoms with Crippen LogP contribution in [0.3, 0.4) is 0 Å². The van der Waals surface area contributed by atoms with Gasteiger partial charge in [0.2, 0.25) is 0 Å². The van der Waals surface area contributed by atoms with Gasteiger partial charge in [-0.15, -0.1) is 5.11 Å². The number of aromatic nitrogens is 1. The monoisotopic (exact) mass is 204 g/mol. The van der Waals surface area contributed by atoms with E-state index in [0.29, 0.717) is 10.9 Å². The van der Waals surface area contributed by atoms with E-state index >= 15 is 0 Å². The maximum atomic E-state index is 10.4. The predicted molar refractivity (Wildman–Crippen MR) is 54.1 cm³/mol. The molecule has 0 fully saturated rings. The van der Waals surface area contributed by atoms with Crippen molar-refractivity contribution < 1.29 is 9.90 Å². The molecular weight excluding hydrogens is 196 g/mol. The van der Waals surface area contributed by atoms with Gasteiger partial charge in [-0.3, -0.25) is 0 Å². The SMILES string of the molecule is NC(=O)/N=N/c1[nH]c2ccccc2c1O. The number of urea groups is 1. The van der Waals surface area contributed by atoms with E-state index in [1.807, 2.05) is 6.07 Å². The number of benzene rings is 1. The number of fused-ring (bicyclic) bond motifs is 1. The Balaban J connectivity index is 2.53. The minimum Gasteiger partial charge on any atom is -0.504 e. The molecule has 15 heavy (non-hydrogen) atoms. The van der Waals surface area contributed by atoms with Crippen LogP contribution in [-0.2, 0) is 0 Å². The van der Waals surface area contributed by atoms with E-state index in [2.05, 4.69) is 15.2 Å². The van der Waals surface area contributed by atoms with Crippen molar-refractivity contribution in [2.45, 2.75) is 0 Å². The highest BCUT2D eigenvalue weighted by molar-refractivity contribution is 5.91. The lowest BCUT2D eigenvalue weighted by atomic mass is 10.2. The molecule has 6 heteroatoms. The second-order valence-electron chi connectivity index (χ2n) is 2.91. The van der Waals surface area contributed by atoms with Gasteiger partial charge < -0.3 is 15.8 Å². The largest absolute Gasteiger partial charge is 0.504 e. The van der Waals surface area contributed by atoms with Crippen molar-refractivity contribution in [1.82, 2.24) is 4.98 Å². The summed E-state index contributed by atoms with van der Waals surface area (Å²) in [6.07, 6.45) is 0. The molecule has 1 aromatic carbocycles. The molecule has 0 aliphatic carbocycles. The number of hydrogen-bond acceptors (Lipinski definition) is 3. The quantitative estimate of drug-likeness (QED) is 0.618. The molecule has 0 aliphatic heterocycles. The highest BCUT2D eigenvalue weighted by Crippen LogP contribution is 2.34. The van der Waals surface area contributed by atoms with Gasteiger partial charge in [-0.2, -0.15) is 0 Å². The van der Waals surface area contributed by atoms with Crippen molar-refractivity contribution in [2.75, 3.05) is 0 Å². The van der Waals surface area contributed by atoms with E-state index < -0.39 is 6.03 Å². The van der Waals surface area contributed by atoms with E-state index in [1.165, 1.54) is 0 Å². The van der Waals surface area contributed by atoms with Gasteiger partial charge in [0.25, 0.3) is 0 Å². The molecule has 2 amide bonds. The summed E-state index contributed by atoms with van der Waals surface area (Å²) in [6.45, 7) is 0. The van der Waals surface area contributed by atoms with Gasteiger partial charge in [0.1, 0.15) is 0 Å². The van der Waals surface area contributed by atoms with E-state index in [9.17, 15) is 9.90 Å². The summed E-state index contributed by atoms with van der Waals surface area (Å²) in [5.41, 5.74) is 5.51. The van der Waals surface area contributed by atoms with Crippen LogP contribution in [-0.4, -0.2) is 16.1 Å². The number of rotatable bonds is 1. The number of hydrogen-bond donors (Lipinski definition) is 3. The van der Waals surface area contributed by atoms with Gasteiger partial charge in [0.15, 0.2) is 11.6 Å². The summed E-state index contributed by atoms with van der Waals surface area (Å²) in [4.78, 5) is 13.2. The fourth-order valence-corrected chi connectivity index (χ4v) is 1.28. The summed E-state index contributed by atoms with van der Waals surface area (Å²) in [6, 6.07) is 6.19. The lowest BCUT2D eigenvalue weighted by molar-refractivity contribution is 0.255. The third kappa shape index (κ3) is 1.64. The number of carbonyl (C=O) groups is 1. The van der Waals surface area contributed by atoms with Gasteiger partial charge in [-0.25, -0.2) is 4.79 Å². The molecule has 0 saturated carbocycles. The van der Waals surface area contributed by atoms with Crippen LogP contribution in [0.4, 0.5) is 10.6 Å². The third-order valence-corrected chi connectivity index (χ3v) is 1.91. The van der Waals surface area contributed by atoms with E-state index in [-0.39, 0.29) is 11.6 Å². The summed E-state index contributed by atoms with van der Waals surface area (Å²) < 4.78 is 0. The number of aromatic hydroxyl groups is 1. The molecule has 0 radical (unpaired) electrons. The first kappa shape index (κ1) is 9.20. The first-order valence-corrected chi connectivity index (χ1v) is 4.19. The summed E-state index contributed by atoms with van der Waals surface area (Å²) in [7, 11) is 0. The number of H-pyrrole nitrogens is 1. The Labute approximate surface area is 84.4 Å². The van der Waals surface area contributed by atoms with Crippen molar-refractivity contribution in [2.24, 2.45) is 16.0 Å². The number of aromatic amines is 1. The minimum absolute atomic E-state index is 0.0457. The Morgan fingerprint density at radius 3 is 2.80 bits per heavy atom. The smallest absolute Gasteiger partial charge is 0.357 e. The molecule has 6 nitrogen and oxygen atoms in total. The van der Waals surface area contributed by atoms with Crippen molar-refractivity contribution in [1.29, 1.82) is 0 Å². The van der Waals surface area contributed by atoms with Crippen LogP contribution in [0.2, 0.25) is 0 Å². The minimum atomic E-state index is -0.909. The average Bonchev–Trinajstić information content (AvgIpc) is 2.54. The van der Waals surface area contributed by atoms with Gasteiger partial charge >= 0.3 is 6.03 Å². The third-order valence-electron chi connectivity index (χ3n) is 1.91. The first-order chi connectivity index (χ1) is 7.18. The fraction of sp³-hybridized carbons (Fsp3) is 0. The first-order valence-electron chi connectivity index (χ1n) is 4.19. The molecule has 1 aromatic heterocycles. The number of amides is 2. The molecule has 0 bridgehead atoms. The summed E-state index contributed by atoms with van der Waals surface area (Å²) in [5.74, 6) is 0.0746. The molecular formula is C9H8N4O2. The van der Waals surface area contributed by atoms with E-state index in [4.69, 9.17) is 5.73 Å². The van der Waals surface area contributed by atoms with Gasteiger partial charge in [-0.1, -0.05) is 17.2 Å². The van der Waals surface area contributed by atoms with Gasteiger partial charge in [0.05, 0.1) is 5.52 Å². The molecule has 4 N–H and O–H groups in total. The van der Waals surface area contributed by atoms with Crippen molar-refractivity contribution in [3.05, 3.63) is 24.3 Å². The number of nitrogens with one attached hydrogen (secondary N) is 1. The molecule has 2 rings (SSSR count). The molecule has 0 spiro atoms. The standard InChI is InChI=1S/C9H8N4O2/c10-9(15)13-12-8-7(14)5-3-1-2-4-6(5)11-8/h1-4,11,14H,(H2,10,15)/b13-12+. The molecule has 0 atom stereocenters. The number of azo groups is 1. The number of primary amides is 1. The number of nitrogens with zero attached hydrogens (tertiary/aromatic N) is 2.